The van der Waals surface area contributed by atoms with Gasteiger partial charge in [0.15, 0.2) is 5.16 Å². The van der Waals surface area contributed by atoms with Gasteiger partial charge in [0, 0.05) is 18.7 Å². The van der Waals surface area contributed by atoms with Gasteiger partial charge < -0.3 is 5.73 Å². The fourth-order valence-corrected chi connectivity index (χ4v) is 2.73. The van der Waals surface area contributed by atoms with Crippen molar-refractivity contribution in [3.8, 4) is 0 Å². The standard InChI is InChI=1S/C12H15N5S/c1-17-12(15-8-16-17)18-10(7-11(13)14)9-5-3-2-4-6-9/h2-6,8,10H,7H2,1H3,(H3,13,14). The minimum atomic E-state index is 0.0894. The van der Waals surface area contributed by atoms with E-state index in [9.17, 15) is 0 Å². The first kappa shape index (κ1) is 12.6. The van der Waals surface area contributed by atoms with E-state index in [4.69, 9.17) is 11.1 Å². The number of rotatable bonds is 5. The zero-order valence-corrected chi connectivity index (χ0v) is 10.9. The van der Waals surface area contributed by atoms with Gasteiger partial charge in [0.1, 0.15) is 6.33 Å². The molecule has 2 aromatic rings. The molecule has 1 aromatic heterocycles. The molecule has 1 heterocycles. The lowest BCUT2D eigenvalue weighted by atomic mass is 10.1. The molecule has 1 atom stereocenters. The number of aromatic nitrogens is 3. The largest absolute Gasteiger partial charge is 0.388 e. The van der Waals surface area contributed by atoms with Gasteiger partial charge in [0.2, 0.25) is 0 Å². The Morgan fingerprint density at radius 2 is 2.17 bits per heavy atom. The molecule has 5 nitrogen and oxygen atoms in total. The molecule has 0 aliphatic rings. The Morgan fingerprint density at radius 1 is 1.44 bits per heavy atom. The third-order valence-corrected chi connectivity index (χ3v) is 3.80. The summed E-state index contributed by atoms with van der Waals surface area (Å²) >= 11 is 1.57. The van der Waals surface area contributed by atoms with E-state index in [1.54, 1.807) is 16.4 Å². The number of amidine groups is 1. The van der Waals surface area contributed by atoms with Crippen molar-refractivity contribution in [1.29, 1.82) is 5.41 Å². The fourth-order valence-electron chi connectivity index (χ4n) is 1.61. The molecule has 1 aromatic carbocycles. The summed E-state index contributed by atoms with van der Waals surface area (Å²) in [6.07, 6.45) is 2.03. The second-order valence-electron chi connectivity index (χ2n) is 3.91. The number of nitrogens with zero attached hydrogens (tertiary/aromatic N) is 3. The maximum Gasteiger partial charge on any atom is 0.186 e. The summed E-state index contributed by atoms with van der Waals surface area (Å²) in [5.41, 5.74) is 6.66. The Labute approximate surface area is 110 Å². The molecule has 0 fully saturated rings. The molecular weight excluding hydrogens is 246 g/mol. The van der Waals surface area contributed by atoms with Gasteiger partial charge in [-0.1, -0.05) is 42.1 Å². The van der Waals surface area contributed by atoms with Gasteiger partial charge in [0.25, 0.3) is 0 Å². The summed E-state index contributed by atoms with van der Waals surface area (Å²) in [6, 6.07) is 10.0. The zero-order valence-electron chi connectivity index (χ0n) is 10.1. The van der Waals surface area contributed by atoms with Crippen molar-refractivity contribution in [2.75, 3.05) is 0 Å². The summed E-state index contributed by atoms with van der Waals surface area (Å²) in [7, 11) is 1.85. The lowest BCUT2D eigenvalue weighted by Crippen LogP contribution is -2.13. The molecule has 0 saturated heterocycles. The van der Waals surface area contributed by atoms with Crippen LogP contribution in [0.2, 0.25) is 0 Å². The molecule has 18 heavy (non-hydrogen) atoms. The van der Waals surface area contributed by atoms with Crippen LogP contribution in [0.25, 0.3) is 0 Å². The van der Waals surface area contributed by atoms with Crippen LogP contribution in [0.3, 0.4) is 0 Å². The minimum absolute atomic E-state index is 0.0894. The lowest BCUT2D eigenvalue weighted by Gasteiger charge is -2.15. The van der Waals surface area contributed by atoms with E-state index in [2.05, 4.69) is 10.1 Å². The Morgan fingerprint density at radius 3 is 2.72 bits per heavy atom. The first-order valence-corrected chi connectivity index (χ1v) is 6.43. The van der Waals surface area contributed by atoms with Crippen molar-refractivity contribution in [3.63, 3.8) is 0 Å². The summed E-state index contributed by atoms with van der Waals surface area (Å²) in [6.45, 7) is 0. The molecule has 0 aliphatic carbocycles. The maximum absolute atomic E-state index is 7.48. The van der Waals surface area contributed by atoms with Crippen LogP contribution in [0, 0.1) is 5.41 Å². The number of nitrogens with two attached hydrogens (primary N) is 1. The molecule has 1 unspecified atom stereocenters. The molecule has 94 valence electrons. The number of nitrogens with one attached hydrogen (secondary N) is 1. The SMILES string of the molecule is Cn1ncnc1SC(CC(=N)N)c1ccccc1. The molecule has 3 N–H and O–H groups in total. The van der Waals surface area contributed by atoms with Crippen LogP contribution in [-0.4, -0.2) is 20.6 Å². The summed E-state index contributed by atoms with van der Waals surface area (Å²) < 4.78 is 1.72. The van der Waals surface area contributed by atoms with Gasteiger partial charge in [-0.05, 0) is 5.56 Å². The predicted molar refractivity (Wildman–Crippen MR) is 72.6 cm³/mol. The second kappa shape index (κ2) is 5.68. The van der Waals surface area contributed by atoms with Gasteiger partial charge in [0.05, 0.1) is 5.84 Å². The Balaban J connectivity index is 2.21. The predicted octanol–water partition coefficient (Wildman–Crippen LogP) is 1.97. The third kappa shape index (κ3) is 3.10. The van der Waals surface area contributed by atoms with Crippen LogP contribution >= 0.6 is 11.8 Å². The monoisotopic (exact) mass is 261 g/mol. The van der Waals surface area contributed by atoms with Crippen LogP contribution in [0.1, 0.15) is 17.2 Å². The van der Waals surface area contributed by atoms with Crippen molar-refractivity contribution < 1.29 is 0 Å². The fraction of sp³-hybridized carbons (Fsp3) is 0.250. The molecule has 0 bridgehead atoms. The van der Waals surface area contributed by atoms with Crippen molar-refractivity contribution in [2.24, 2.45) is 12.8 Å². The Hall–Kier alpha value is -1.82. The molecule has 2 rings (SSSR count). The van der Waals surface area contributed by atoms with Gasteiger partial charge in [-0.3, -0.25) is 5.41 Å². The van der Waals surface area contributed by atoms with Crippen molar-refractivity contribution in [3.05, 3.63) is 42.2 Å². The number of aryl methyl sites for hydroxylation is 1. The van der Waals surface area contributed by atoms with E-state index < -0.39 is 0 Å². The van der Waals surface area contributed by atoms with E-state index in [0.717, 1.165) is 10.7 Å². The molecule has 0 spiro atoms. The highest BCUT2D eigenvalue weighted by Gasteiger charge is 2.16. The van der Waals surface area contributed by atoms with Gasteiger partial charge in [-0.2, -0.15) is 5.10 Å². The number of hydrogen-bond acceptors (Lipinski definition) is 4. The normalized spacial score (nSPS) is 12.3. The Bertz CT molecular complexity index is 522. The topological polar surface area (TPSA) is 80.6 Å². The van der Waals surface area contributed by atoms with Crippen LogP contribution in [0.4, 0.5) is 0 Å². The van der Waals surface area contributed by atoms with Crippen LogP contribution in [0.5, 0.6) is 0 Å². The van der Waals surface area contributed by atoms with Crippen LogP contribution < -0.4 is 5.73 Å². The minimum Gasteiger partial charge on any atom is -0.388 e. The van der Waals surface area contributed by atoms with E-state index in [1.807, 2.05) is 37.4 Å². The molecule has 0 saturated carbocycles. The highest BCUT2D eigenvalue weighted by Crippen LogP contribution is 2.36. The van der Waals surface area contributed by atoms with Crippen LogP contribution in [-0.2, 0) is 7.05 Å². The quantitative estimate of drug-likeness (QED) is 0.490. The highest BCUT2D eigenvalue weighted by molar-refractivity contribution is 7.99. The van der Waals surface area contributed by atoms with E-state index in [1.165, 1.54) is 6.33 Å². The van der Waals surface area contributed by atoms with Crippen molar-refractivity contribution in [2.45, 2.75) is 16.8 Å². The van der Waals surface area contributed by atoms with Gasteiger partial charge >= 0.3 is 0 Å². The third-order valence-electron chi connectivity index (χ3n) is 2.49. The highest BCUT2D eigenvalue weighted by atomic mass is 32.2. The molecular formula is C12H15N5S. The summed E-state index contributed by atoms with van der Waals surface area (Å²) in [5.74, 6) is 0.179. The number of thioether (sulfide) groups is 1. The van der Waals surface area contributed by atoms with E-state index in [0.29, 0.717) is 6.42 Å². The van der Waals surface area contributed by atoms with Gasteiger partial charge in [-0.25, -0.2) is 9.67 Å². The second-order valence-corrected chi connectivity index (χ2v) is 5.08. The molecule has 0 amide bonds. The van der Waals surface area contributed by atoms with Crippen molar-refractivity contribution in [1.82, 2.24) is 14.8 Å². The number of hydrogen-bond donors (Lipinski definition) is 2. The van der Waals surface area contributed by atoms with E-state index in [-0.39, 0.29) is 11.1 Å². The van der Waals surface area contributed by atoms with Crippen LogP contribution in [0.15, 0.2) is 41.8 Å². The molecule has 0 aliphatic heterocycles. The van der Waals surface area contributed by atoms with E-state index >= 15 is 0 Å². The molecule has 0 radical (unpaired) electrons. The first-order chi connectivity index (χ1) is 8.66. The van der Waals surface area contributed by atoms with Gasteiger partial charge in [-0.15, -0.1) is 0 Å². The smallest absolute Gasteiger partial charge is 0.186 e. The average Bonchev–Trinajstić information content (AvgIpc) is 2.75. The summed E-state index contributed by atoms with van der Waals surface area (Å²) in [4.78, 5) is 4.19. The summed E-state index contributed by atoms with van der Waals surface area (Å²) in [5, 5.41) is 12.4. The average molecular weight is 261 g/mol. The lowest BCUT2D eigenvalue weighted by molar-refractivity contribution is 0.683. The first-order valence-electron chi connectivity index (χ1n) is 5.55. The number of benzene rings is 1. The Kier molecular flexibility index (Phi) is 3.99. The molecule has 6 heteroatoms. The zero-order chi connectivity index (χ0) is 13.0. The maximum atomic E-state index is 7.48. The van der Waals surface area contributed by atoms with Crippen molar-refractivity contribution >= 4 is 17.6 Å².